The van der Waals surface area contributed by atoms with Crippen molar-refractivity contribution in [1.29, 1.82) is 0 Å². The Morgan fingerprint density at radius 3 is 2.43 bits per heavy atom. The predicted octanol–water partition coefficient (Wildman–Crippen LogP) is 6.55. The number of amides is 3. The zero-order chi connectivity index (χ0) is 32.6. The van der Waals surface area contributed by atoms with Gasteiger partial charge in [-0.3, -0.25) is 19.3 Å². The number of fused-ring (bicyclic) bond motifs is 1. The van der Waals surface area contributed by atoms with Gasteiger partial charge < -0.3 is 10.6 Å². The minimum Gasteiger partial charge on any atom is -0.339 e. The molecule has 0 fully saturated rings. The van der Waals surface area contributed by atoms with Gasteiger partial charge in [0.05, 0.1) is 16.9 Å². The van der Waals surface area contributed by atoms with E-state index in [-0.39, 0.29) is 18.0 Å². The van der Waals surface area contributed by atoms with Crippen molar-refractivity contribution in [3.63, 3.8) is 0 Å². The summed E-state index contributed by atoms with van der Waals surface area (Å²) in [5.74, 6) is -1.70. The van der Waals surface area contributed by atoms with Gasteiger partial charge in [0.2, 0.25) is 0 Å². The molecule has 8 nitrogen and oxygen atoms in total. The maximum absolute atomic E-state index is 14.3. The number of nitrogens with one attached hydrogen (secondary N) is 2. The highest BCUT2D eigenvalue weighted by atomic mass is 19.4. The number of benzene rings is 3. The largest absolute Gasteiger partial charge is 0.416 e. The van der Waals surface area contributed by atoms with Crippen LogP contribution in [0.4, 0.5) is 24.7 Å². The molecule has 1 aliphatic heterocycles. The standard InChI is InChI=1S/C35H32F3N5O3/c1-3-42-33-28(21(2)41-43(33)27-17-5-4-6-18-27)29(23-13-10-16-26(20-23)39-31(44)22-11-7-8-12-22)30(34(42)46)40-32(45)24-14-9-15-25(19-24)35(36,37)38/h4-6,9-11,13-20,29-30H,3,7-8,12H2,1-2H3,(H,39,44)(H,40,45)/t29-,30+/m0/s1. The Hall–Kier alpha value is -5.19. The number of aryl methyl sites for hydroxylation is 1. The van der Waals surface area contributed by atoms with Crippen LogP contribution in [0.15, 0.2) is 90.5 Å². The van der Waals surface area contributed by atoms with E-state index in [9.17, 15) is 27.6 Å². The number of carbonyl (C=O) groups is 3. The summed E-state index contributed by atoms with van der Waals surface area (Å²) in [6, 6.07) is 19.3. The first-order valence-corrected chi connectivity index (χ1v) is 15.1. The molecule has 11 heteroatoms. The van der Waals surface area contributed by atoms with Crippen molar-refractivity contribution < 1.29 is 27.6 Å². The van der Waals surface area contributed by atoms with Gasteiger partial charge in [0.25, 0.3) is 17.7 Å². The molecule has 1 aromatic heterocycles. The fourth-order valence-corrected chi connectivity index (χ4v) is 6.25. The molecule has 2 N–H and O–H groups in total. The summed E-state index contributed by atoms with van der Waals surface area (Å²) in [6.07, 6.45) is -0.259. The minimum atomic E-state index is -4.64. The Bertz CT molecular complexity index is 1850. The van der Waals surface area contributed by atoms with Gasteiger partial charge in [0, 0.05) is 34.9 Å². The molecule has 236 valence electrons. The molecule has 0 radical (unpaired) electrons. The molecular formula is C35H32F3N5O3. The fraction of sp³-hybridized carbons (Fsp3) is 0.257. The molecule has 0 spiro atoms. The lowest BCUT2D eigenvalue weighted by Crippen LogP contribution is -2.55. The van der Waals surface area contributed by atoms with Crippen LogP contribution < -0.4 is 15.5 Å². The lowest BCUT2D eigenvalue weighted by Gasteiger charge is -2.38. The van der Waals surface area contributed by atoms with Crippen molar-refractivity contribution in [2.45, 2.75) is 51.2 Å². The summed E-state index contributed by atoms with van der Waals surface area (Å²) >= 11 is 0. The third-order valence-electron chi connectivity index (χ3n) is 8.41. The Morgan fingerprint density at radius 1 is 0.978 bits per heavy atom. The summed E-state index contributed by atoms with van der Waals surface area (Å²) in [7, 11) is 0. The summed E-state index contributed by atoms with van der Waals surface area (Å²) in [4.78, 5) is 42.4. The predicted molar refractivity (Wildman–Crippen MR) is 168 cm³/mol. The van der Waals surface area contributed by atoms with Crippen molar-refractivity contribution in [3.05, 3.63) is 118 Å². The first kappa shape index (κ1) is 30.8. The Morgan fingerprint density at radius 2 is 1.74 bits per heavy atom. The van der Waals surface area contributed by atoms with E-state index in [0.29, 0.717) is 40.3 Å². The van der Waals surface area contributed by atoms with Gasteiger partial charge in [-0.25, -0.2) is 4.68 Å². The number of carbonyl (C=O) groups excluding carboxylic acids is 3. The van der Waals surface area contributed by atoms with Crippen molar-refractivity contribution in [3.8, 4) is 5.69 Å². The number of hydrogen-bond donors (Lipinski definition) is 2. The van der Waals surface area contributed by atoms with Crippen molar-refractivity contribution in [2.24, 2.45) is 0 Å². The van der Waals surface area contributed by atoms with Crippen LogP contribution in [0.1, 0.15) is 64.8 Å². The maximum Gasteiger partial charge on any atom is 0.416 e. The Labute approximate surface area is 263 Å². The number of aromatic nitrogens is 2. The molecule has 3 amide bonds. The zero-order valence-corrected chi connectivity index (χ0v) is 25.3. The summed E-state index contributed by atoms with van der Waals surface area (Å²) < 4.78 is 42.1. The van der Waals surface area contributed by atoms with Gasteiger partial charge in [0.15, 0.2) is 0 Å². The van der Waals surface area contributed by atoms with Gasteiger partial charge in [0.1, 0.15) is 11.9 Å². The van der Waals surface area contributed by atoms with Crippen molar-refractivity contribution in [2.75, 3.05) is 16.8 Å². The van der Waals surface area contributed by atoms with E-state index in [4.69, 9.17) is 5.10 Å². The lowest BCUT2D eigenvalue weighted by atomic mass is 9.81. The van der Waals surface area contributed by atoms with E-state index >= 15 is 0 Å². The molecule has 6 rings (SSSR count). The summed E-state index contributed by atoms with van der Waals surface area (Å²) in [5.41, 5.74) is 2.68. The molecule has 0 bridgehead atoms. The second-order valence-electron chi connectivity index (χ2n) is 11.4. The van der Waals surface area contributed by atoms with Crippen LogP contribution in [-0.2, 0) is 15.8 Å². The molecule has 3 aromatic carbocycles. The average molecular weight is 628 g/mol. The first-order valence-electron chi connectivity index (χ1n) is 15.1. The Kier molecular flexibility index (Phi) is 8.24. The molecular weight excluding hydrogens is 595 g/mol. The number of anilines is 2. The van der Waals surface area contributed by atoms with Crippen LogP contribution in [0.25, 0.3) is 5.69 Å². The van der Waals surface area contributed by atoms with Gasteiger partial charge in [-0.05, 0) is 81.1 Å². The van der Waals surface area contributed by atoms with Crippen LogP contribution in [-0.4, -0.2) is 40.1 Å². The van der Waals surface area contributed by atoms with E-state index in [0.717, 1.165) is 36.7 Å². The molecule has 2 heterocycles. The number of alkyl halides is 3. The van der Waals surface area contributed by atoms with Crippen LogP contribution in [0, 0.1) is 6.92 Å². The number of allylic oxidation sites excluding steroid dienone is 1. The SMILES string of the molecule is CCN1C(=O)[C@H](NC(=O)c2cccc(C(F)(F)F)c2)[C@@H](c2cccc(NC(=O)C3=CCCC3)c2)c2c(C)nn(-c3ccccc3)c21. The number of halogens is 3. The van der Waals surface area contributed by atoms with Crippen LogP contribution in [0.2, 0.25) is 0 Å². The summed E-state index contributed by atoms with van der Waals surface area (Å²) in [6.45, 7) is 3.87. The van der Waals surface area contributed by atoms with Crippen LogP contribution in [0.3, 0.4) is 0 Å². The molecule has 0 saturated carbocycles. The second kappa shape index (κ2) is 12.3. The highest BCUT2D eigenvalue weighted by Gasteiger charge is 2.45. The number of nitrogens with zero attached hydrogens (tertiary/aromatic N) is 3. The van der Waals surface area contributed by atoms with E-state index in [2.05, 4.69) is 10.6 Å². The number of likely N-dealkylation sites (N-methyl/N-ethyl adjacent to an activating group) is 1. The quantitative estimate of drug-likeness (QED) is 0.243. The highest BCUT2D eigenvalue weighted by Crippen LogP contribution is 2.44. The van der Waals surface area contributed by atoms with E-state index in [1.807, 2.05) is 43.3 Å². The second-order valence-corrected chi connectivity index (χ2v) is 11.4. The smallest absolute Gasteiger partial charge is 0.339 e. The Balaban J connectivity index is 1.46. The number of rotatable bonds is 7. The molecule has 2 atom stereocenters. The molecule has 0 saturated heterocycles. The third-order valence-corrected chi connectivity index (χ3v) is 8.41. The highest BCUT2D eigenvalue weighted by molar-refractivity contribution is 6.06. The van der Waals surface area contributed by atoms with Crippen molar-refractivity contribution >= 4 is 29.2 Å². The monoisotopic (exact) mass is 627 g/mol. The van der Waals surface area contributed by atoms with E-state index < -0.39 is 35.5 Å². The van der Waals surface area contributed by atoms with Gasteiger partial charge in [-0.1, -0.05) is 42.5 Å². The molecule has 0 unspecified atom stereocenters. The number of para-hydroxylation sites is 1. The first-order chi connectivity index (χ1) is 22.1. The lowest BCUT2D eigenvalue weighted by molar-refractivity contribution is -0.137. The van der Waals surface area contributed by atoms with Gasteiger partial charge in [-0.2, -0.15) is 18.3 Å². The molecule has 4 aromatic rings. The topological polar surface area (TPSA) is 96.3 Å². The molecule has 1 aliphatic carbocycles. The third kappa shape index (κ3) is 5.80. The van der Waals surface area contributed by atoms with Crippen LogP contribution >= 0.6 is 0 Å². The van der Waals surface area contributed by atoms with Gasteiger partial charge in [-0.15, -0.1) is 0 Å². The number of hydrogen-bond acceptors (Lipinski definition) is 4. The molecule has 46 heavy (non-hydrogen) atoms. The normalized spacial score (nSPS) is 17.8. The minimum absolute atomic E-state index is 0.199. The average Bonchev–Trinajstić information content (AvgIpc) is 3.71. The summed E-state index contributed by atoms with van der Waals surface area (Å²) in [5, 5.41) is 10.5. The molecule has 2 aliphatic rings. The zero-order valence-electron chi connectivity index (χ0n) is 25.3. The fourth-order valence-electron chi connectivity index (χ4n) is 6.25. The van der Waals surface area contributed by atoms with Crippen molar-refractivity contribution in [1.82, 2.24) is 15.1 Å². The van der Waals surface area contributed by atoms with Gasteiger partial charge >= 0.3 is 6.18 Å². The van der Waals surface area contributed by atoms with E-state index in [1.165, 1.54) is 11.0 Å². The maximum atomic E-state index is 14.3. The van der Waals surface area contributed by atoms with E-state index in [1.54, 1.807) is 35.9 Å². The van der Waals surface area contributed by atoms with Crippen LogP contribution in [0.5, 0.6) is 0 Å².